The Labute approximate surface area is 153 Å². The van der Waals surface area contributed by atoms with Crippen molar-refractivity contribution in [2.75, 3.05) is 4.90 Å². The van der Waals surface area contributed by atoms with Gasteiger partial charge in [-0.05, 0) is 48.2 Å². The first-order valence-corrected chi connectivity index (χ1v) is 9.02. The van der Waals surface area contributed by atoms with E-state index in [-0.39, 0.29) is 0 Å². The van der Waals surface area contributed by atoms with Crippen LogP contribution in [0, 0.1) is 13.8 Å². The van der Waals surface area contributed by atoms with Crippen molar-refractivity contribution in [3.8, 4) is 0 Å². The third-order valence-corrected chi connectivity index (χ3v) is 4.66. The number of anilines is 1. The van der Waals surface area contributed by atoms with Crippen LogP contribution in [0.2, 0.25) is 0 Å². The summed E-state index contributed by atoms with van der Waals surface area (Å²) in [5.74, 6) is 0. The lowest BCUT2D eigenvalue weighted by Crippen LogP contribution is -2.23. The average Bonchev–Trinajstić information content (AvgIpc) is 2.55. The van der Waals surface area contributed by atoms with Gasteiger partial charge in [-0.1, -0.05) is 76.6 Å². The number of halogens is 1. The SMILES string of the molecule is Cc1cc(Br)cc(C)c1N(Cc1ccccc1)Cc1ccccc1. The molecule has 0 unspecified atom stereocenters. The van der Waals surface area contributed by atoms with Gasteiger partial charge < -0.3 is 4.90 Å². The van der Waals surface area contributed by atoms with Gasteiger partial charge in [0.15, 0.2) is 0 Å². The zero-order valence-electron chi connectivity index (χ0n) is 14.2. The summed E-state index contributed by atoms with van der Waals surface area (Å²) in [4.78, 5) is 2.47. The van der Waals surface area contributed by atoms with Crippen molar-refractivity contribution in [1.29, 1.82) is 0 Å². The molecule has 0 bridgehead atoms. The highest BCUT2D eigenvalue weighted by atomic mass is 79.9. The molecule has 3 aromatic rings. The fourth-order valence-corrected chi connectivity index (χ4v) is 3.91. The topological polar surface area (TPSA) is 3.24 Å². The molecule has 0 spiro atoms. The monoisotopic (exact) mass is 379 g/mol. The van der Waals surface area contributed by atoms with Gasteiger partial charge in [0.2, 0.25) is 0 Å². The van der Waals surface area contributed by atoms with Crippen LogP contribution in [0.15, 0.2) is 77.3 Å². The summed E-state index contributed by atoms with van der Waals surface area (Å²) >= 11 is 3.61. The van der Waals surface area contributed by atoms with Crippen LogP contribution < -0.4 is 4.90 Å². The van der Waals surface area contributed by atoms with E-state index in [0.717, 1.165) is 17.6 Å². The van der Waals surface area contributed by atoms with Crippen LogP contribution in [0.5, 0.6) is 0 Å². The zero-order valence-corrected chi connectivity index (χ0v) is 15.8. The van der Waals surface area contributed by atoms with Crippen LogP contribution in [0.25, 0.3) is 0 Å². The number of nitrogens with zero attached hydrogens (tertiary/aromatic N) is 1. The second-order valence-electron chi connectivity index (χ2n) is 6.22. The minimum absolute atomic E-state index is 0.902. The maximum absolute atomic E-state index is 3.61. The molecule has 0 aliphatic carbocycles. The van der Waals surface area contributed by atoms with Gasteiger partial charge in [0.1, 0.15) is 0 Å². The third kappa shape index (κ3) is 4.07. The normalized spacial score (nSPS) is 10.6. The van der Waals surface area contributed by atoms with Crippen LogP contribution in [0.1, 0.15) is 22.3 Å². The average molecular weight is 380 g/mol. The van der Waals surface area contributed by atoms with Gasteiger partial charge in [0.05, 0.1) is 0 Å². The van der Waals surface area contributed by atoms with Gasteiger partial charge in [0.25, 0.3) is 0 Å². The summed E-state index contributed by atoms with van der Waals surface area (Å²) in [5, 5.41) is 0. The summed E-state index contributed by atoms with van der Waals surface area (Å²) in [6.07, 6.45) is 0. The van der Waals surface area contributed by atoms with Crippen molar-refractivity contribution in [3.63, 3.8) is 0 Å². The first kappa shape index (κ1) is 16.8. The van der Waals surface area contributed by atoms with Crippen molar-refractivity contribution in [3.05, 3.63) is 99.5 Å². The lowest BCUT2D eigenvalue weighted by Gasteiger charge is -2.29. The molecule has 0 aliphatic heterocycles. The van der Waals surface area contributed by atoms with Gasteiger partial charge in [-0.3, -0.25) is 0 Å². The molecule has 0 atom stereocenters. The second kappa shape index (κ2) is 7.67. The van der Waals surface area contributed by atoms with Crippen LogP contribution in [-0.4, -0.2) is 0 Å². The third-order valence-electron chi connectivity index (χ3n) is 4.20. The Kier molecular flexibility index (Phi) is 5.37. The number of hydrogen-bond acceptors (Lipinski definition) is 1. The summed E-state index contributed by atoms with van der Waals surface area (Å²) in [6.45, 7) is 6.18. The first-order chi connectivity index (χ1) is 11.6. The Morgan fingerprint density at radius 2 is 1.12 bits per heavy atom. The van der Waals surface area contributed by atoms with E-state index < -0.39 is 0 Å². The molecule has 0 radical (unpaired) electrons. The predicted octanol–water partition coefficient (Wildman–Crippen LogP) is 6.27. The van der Waals surface area contributed by atoms with Crippen molar-refractivity contribution < 1.29 is 0 Å². The number of hydrogen-bond donors (Lipinski definition) is 0. The smallest absolute Gasteiger partial charge is 0.0433 e. The van der Waals surface area contributed by atoms with E-state index in [0.29, 0.717) is 0 Å². The van der Waals surface area contributed by atoms with E-state index >= 15 is 0 Å². The van der Waals surface area contributed by atoms with Gasteiger partial charge in [-0.15, -0.1) is 0 Å². The van der Waals surface area contributed by atoms with E-state index in [1.807, 2.05) is 0 Å². The Bertz CT molecular complexity index is 732. The minimum Gasteiger partial charge on any atom is -0.362 e. The largest absolute Gasteiger partial charge is 0.362 e. The molecule has 3 rings (SSSR count). The van der Waals surface area contributed by atoms with E-state index in [4.69, 9.17) is 0 Å². The molecule has 0 aromatic heterocycles. The highest BCUT2D eigenvalue weighted by Crippen LogP contribution is 2.31. The zero-order chi connectivity index (χ0) is 16.9. The van der Waals surface area contributed by atoms with Crippen molar-refractivity contribution >= 4 is 21.6 Å². The molecule has 0 saturated heterocycles. The highest BCUT2D eigenvalue weighted by Gasteiger charge is 2.14. The van der Waals surface area contributed by atoms with E-state index in [9.17, 15) is 0 Å². The van der Waals surface area contributed by atoms with E-state index in [1.54, 1.807) is 0 Å². The van der Waals surface area contributed by atoms with Crippen molar-refractivity contribution in [2.45, 2.75) is 26.9 Å². The molecule has 122 valence electrons. The van der Waals surface area contributed by atoms with Gasteiger partial charge in [-0.25, -0.2) is 0 Å². The quantitative estimate of drug-likeness (QED) is 0.504. The Balaban J connectivity index is 1.98. The van der Waals surface area contributed by atoms with E-state index in [2.05, 4.69) is 107 Å². The molecule has 24 heavy (non-hydrogen) atoms. The molecular formula is C22H22BrN. The summed E-state index contributed by atoms with van der Waals surface area (Å²) in [5.41, 5.74) is 6.58. The molecule has 0 aliphatic rings. The fraction of sp³-hybridized carbons (Fsp3) is 0.182. The Morgan fingerprint density at radius 3 is 1.54 bits per heavy atom. The van der Waals surface area contributed by atoms with Crippen LogP contribution in [0.4, 0.5) is 5.69 Å². The lowest BCUT2D eigenvalue weighted by atomic mass is 10.1. The summed E-state index contributed by atoms with van der Waals surface area (Å²) in [6, 6.07) is 25.8. The number of rotatable bonds is 5. The van der Waals surface area contributed by atoms with Gasteiger partial charge >= 0.3 is 0 Å². The number of aryl methyl sites for hydroxylation is 2. The minimum atomic E-state index is 0.902. The molecule has 3 aromatic carbocycles. The molecular weight excluding hydrogens is 358 g/mol. The number of benzene rings is 3. The van der Waals surface area contributed by atoms with Crippen molar-refractivity contribution in [2.24, 2.45) is 0 Å². The standard InChI is InChI=1S/C22H22BrN/c1-17-13-21(23)14-18(2)22(17)24(15-19-9-5-3-6-10-19)16-20-11-7-4-8-12-20/h3-14H,15-16H2,1-2H3. The van der Waals surface area contributed by atoms with Gasteiger partial charge in [0, 0.05) is 23.2 Å². The van der Waals surface area contributed by atoms with Crippen molar-refractivity contribution in [1.82, 2.24) is 0 Å². The second-order valence-corrected chi connectivity index (χ2v) is 7.13. The molecule has 0 N–H and O–H groups in total. The van der Waals surface area contributed by atoms with Crippen LogP contribution in [0.3, 0.4) is 0 Å². The summed E-state index contributed by atoms with van der Waals surface area (Å²) < 4.78 is 1.14. The highest BCUT2D eigenvalue weighted by molar-refractivity contribution is 9.10. The molecule has 0 heterocycles. The Morgan fingerprint density at radius 1 is 0.708 bits per heavy atom. The first-order valence-electron chi connectivity index (χ1n) is 8.23. The molecule has 0 amide bonds. The molecule has 0 fully saturated rings. The van der Waals surface area contributed by atoms with Crippen LogP contribution >= 0.6 is 15.9 Å². The molecule has 1 nitrogen and oxygen atoms in total. The molecule has 2 heteroatoms. The summed E-state index contributed by atoms with van der Waals surface area (Å²) in [7, 11) is 0. The van der Waals surface area contributed by atoms with Crippen LogP contribution in [-0.2, 0) is 13.1 Å². The van der Waals surface area contributed by atoms with E-state index in [1.165, 1.54) is 27.9 Å². The lowest BCUT2D eigenvalue weighted by molar-refractivity contribution is 0.792. The molecule has 0 saturated carbocycles. The maximum atomic E-state index is 3.61. The van der Waals surface area contributed by atoms with Gasteiger partial charge in [-0.2, -0.15) is 0 Å². The predicted molar refractivity (Wildman–Crippen MR) is 106 cm³/mol. The maximum Gasteiger partial charge on any atom is 0.0433 e. The Hall–Kier alpha value is -2.06. The fourth-order valence-electron chi connectivity index (χ4n) is 3.22.